The zero-order valence-corrected chi connectivity index (χ0v) is 9.30. The van der Waals surface area contributed by atoms with Gasteiger partial charge in [-0.25, -0.2) is 4.98 Å². The van der Waals surface area contributed by atoms with E-state index >= 15 is 0 Å². The maximum absolute atomic E-state index is 4.32. The maximum Gasteiger partial charge on any atom is 0.137 e. The molecule has 0 atom stereocenters. The second-order valence-corrected chi connectivity index (χ2v) is 3.66. The number of pyridine rings is 1. The van der Waals surface area contributed by atoms with Gasteiger partial charge in [0.15, 0.2) is 0 Å². The van der Waals surface area contributed by atoms with Crippen LogP contribution in [0.5, 0.6) is 0 Å². The Morgan fingerprint density at radius 1 is 1.38 bits per heavy atom. The summed E-state index contributed by atoms with van der Waals surface area (Å²) in [5.74, 6) is 0. The van der Waals surface area contributed by atoms with Gasteiger partial charge in [0.05, 0.1) is 12.2 Å². The van der Waals surface area contributed by atoms with Crippen molar-refractivity contribution in [2.45, 2.75) is 20.0 Å². The van der Waals surface area contributed by atoms with E-state index in [-0.39, 0.29) is 0 Å². The molecule has 0 saturated heterocycles. The van der Waals surface area contributed by atoms with Crippen LogP contribution in [-0.4, -0.2) is 26.3 Å². The summed E-state index contributed by atoms with van der Waals surface area (Å²) in [4.78, 5) is 8.20. The van der Waals surface area contributed by atoms with E-state index in [4.69, 9.17) is 0 Å². The number of nitrogens with one attached hydrogen (secondary N) is 1. The molecule has 0 radical (unpaired) electrons. The fourth-order valence-electron chi connectivity index (χ4n) is 1.36. The Labute approximate surface area is 94.5 Å². The SMILES string of the molecule is Cc1ccc(CNCCn2cncn2)nc1. The molecule has 84 valence electrons. The van der Waals surface area contributed by atoms with Gasteiger partial charge in [-0.1, -0.05) is 6.07 Å². The summed E-state index contributed by atoms with van der Waals surface area (Å²) < 4.78 is 1.80. The average molecular weight is 217 g/mol. The maximum atomic E-state index is 4.32. The summed E-state index contributed by atoms with van der Waals surface area (Å²) in [6.45, 7) is 4.51. The predicted molar refractivity (Wildman–Crippen MR) is 60.7 cm³/mol. The van der Waals surface area contributed by atoms with Crippen molar-refractivity contribution in [1.82, 2.24) is 25.1 Å². The molecule has 0 aliphatic rings. The molecule has 2 aromatic heterocycles. The molecule has 5 nitrogen and oxygen atoms in total. The van der Waals surface area contributed by atoms with E-state index < -0.39 is 0 Å². The summed E-state index contributed by atoms with van der Waals surface area (Å²) in [6, 6.07) is 4.11. The third-order valence-electron chi connectivity index (χ3n) is 2.26. The van der Waals surface area contributed by atoms with Gasteiger partial charge in [-0.2, -0.15) is 5.10 Å². The Kier molecular flexibility index (Phi) is 3.61. The Balaban J connectivity index is 1.70. The Hall–Kier alpha value is -1.75. The minimum absolute atomic E-state index is 0.787. The van der Waals surface area contributed by atoms with Gasteiger partial charge in [0.25, 0.3) is 0 Å². The van der Waals surface area contributed by atoms with Crippen molar-refractivity contribution in [2.24, 2.45) is 0 Å². The van der Waals surface area contributed by atoms with Crippen LogP contribution >= 0.6 is 0 Å². The van der Waals surface area contributed by atoms with Gasteiger partial charge >= 0.3 is 0 Å². The first-order valence-electron chi connectivity index (χ1n) is 5.29. The van der Waals surface area contributed by atoms with E-state index in [1.54, 1.807) is 17.3 Å². The smallest absolute Gasteiger partial charge is 0.137 e. The Morgan fingerprint density at radius 2 is 2.31 bits per heavy atom. The van der Waals surface area contributed by atoms with Crippen molar-refractivity contribution < 1.29 is 0 Å². The van der Waals surface area contributed by atoms with E-state index in [9.17, 15) is 0 Å². The minimum Gasteiger partial charge on any atom is -0.309 e. The van der Waals surface area contributed by atoms with Crippen LogP contribution in [0, 0.1) is 6.92 Å². The molecule has 2 aromatic rings. The summed E-state index contributed by atoms with van der Waals surface area (Å²) in [5, 5.41) is 7.33. The first-order chi connectivity index (χ1) is 7.84. The predicted octanol–water partition coefficient (Wildman–Crippen LogP) is 0.771. The molecule has 16 heavy (non-hydrogen) atoms. The largest absolute Gasteiger partial charge is 0.309 e. The van der Waals surface area contributed by atoms with Gasteiger partial charge in [0.2, 0.25) is 0 Å². The molecule has 0 unspecified atom stereocenters. The number of hydrogen-bond acceptors (Lipinski definition) is 4. The van der Waals surface area contributed by atoms with Crippen LogP contribution in [0.4, 0.5) is 0 Å². The molecule has 0 fully saturated rings. The van der Waals surface area contributed by atoms with Crippen molar-refractivity contribution in [3.63, 3.8) is 0 Å². The molecular formula is C11H15N5. The van der Waals surface area contributed by atoms with Crippen molar-refractivity contribution in [1.29, 1.82) is 0 Å². The normalized spacial score (nSPS) is 10.6. The van der Waals surface area contributed by atoms with Gasteiger partial charge in [-0.15, -0.1) is 0 Å². The fraction of sp³-hybridized carbons (Fsp3) is 0.364. The van der Waals surface area contributed by atoms with Crippen LogP contribution in [-0.2, 0) is 13.1 Å². The van der Waals surface area contributed by atoms with Gasteiger partial charge in [0, 0.05) is 19.3 Å². The molecule has 0 bridgehead atoms. The standard InChI is InChI=1S/C11H15N5/c1-10-2-3-11(14-6-10)7-12-4-5-16-9-13-8-15-16/h2-3,6,8-9,12H,4-5,7H2,1H3. The second-order valence-electron chi connectivity index (χ2n) is 3.66. The highest BCUT2D eigenvalue weighted by atomic mass is 15.3. The highest BCUT2D eigenvalue weighted by Gasteiger charge is 1.94. The van der Waals surface area contributed by atoms with Crippen LogP contribution in [0.15, 0.2) is 31.0 Å². The highest BCUT2D eigenvalue weighted by molar-refractivity contribution is 5.11. The topological polar surface area (TPSA) is 55.6 Å². The summed E-state index contributed by atoms with van der Waals surface area (Å²) >= 11 is 0. The first-order valence-corrected chi connectivity index (χ1v) is 5.29. The van der Waals surface area contributed by atoms with Crippen LogP contribution in [0.3, 0.4) is 0 Å². The number of hydrogen-bond donors (Lipinski definition) is 1. The molecule has 0 aromatic carbocycles. The lowest BCUT2D eigenvalue weighted by molar-refractivity contribution is 0.550. The van der Waals surface area contributed by atoms with Crippen LogP contribution in [0.2, 0.25) is 0 Å². The molecule has 5 heteroatoms. The summed E-state index contributed by atoms with van der Waals surface area (Å²) in [7, 11) is 0. The van der Waals surface area contributed by atoms with Gasteiger partial charge < -0.3 is 5.32 Å². The first kappa shape index (κ1) is 10.8. The molecule has 0 amide bonds. The average Bonchev–Trinajstić information content (AvgIpc) is 2.80. The monoisotopic (exact) mass is 217 g/mol. The zero-order valence-electron chi connectivity index (χ0n) is 9.30. The van der Waals surface area contributed by atoms with Crippen LogP contribution < -0.4 is 5.32 Å². The van der Waals surface area contributed by atoms with Crippen molar-refractivity contribution >= 4 is 0 Å². The van der Waals surface area contributed by atoms with Crippen LogP contribution in [0.25, 0.3) is 0 Å². The molecule has 0 aliphatic heterocycles. The molecule has 0 aliphatic carbocycles. The number of aromatic nitrogens is 4. The molecule has 2 rings (SSSR count). The lowest BCUT2D eigenvalue weighted by Gasteiger charge is -2.04. The third-order valence-corrected chi connectivity index (χ3v) is 2.26. The van der Waals surface area contributed by atoms with Crippen LogP contribution in [0.1, 0.15) is 11.3 Å². The molecule has 1 N–H and O–H groups in total. The fourth-order valence-corrected chi connectivity index (χ4v) is 1.36. The van der Waals surface area contributed by atoms with E-state index in [1.165, 1.54) is 5.56 Å². The minimum atomic E-state index is 0.787. The lowest BCUT2D eigenvalue weighted by Crippen LogP contribution is -2.20. The molecule has 0 saturated carbocycles. The van der Waals surface area contributed by atoms with E-state index in [2.05, 4.69) is 26.4 Å². The van der Waals surface area contributed by atoms with Gasteiger partial charge in [-0.05, 0) is 18.6 Å². The molecular weight excluding hydrogens is 202 g/mol. The Morgan fingerprint density at radius 3 is 3.00 bits per heavy atom. The molecule has 0 spiro atoms. The van der Waals surface area contributed by atoms with E-state index in [0.29, 0.717) is 0 Å². The highest BCUT2D eigenvalue weighted by Crippen LogP contribution is 1.97. The summed E-state index contributed by atoms with van der Waals surface area (Å²) in [5.41, 5.74) is 2.25. The van der Waals surface area contributed by atoms with Crippen molar-refractivity contribution in [3.05, 3.63) is 42.2 Å². The van der Waals surface area contributed by atoms with Gasteiger partial charge in [-0.3, -0.25) is 9.67 Å². The zero-order chi connectivity index (χ0) is 11.2. The number of aryl methyl sites for hydroxylation is 1. The third kappa shape index (κ3) is 3.13. The lowest BCUT2D eigenvalue weighted by atomic mass is 10.3. The number of rotatable bonds is 5. The quantitative estimate of drug-likeness (QED) is 0.752. The number of nitrogens with zero attached hydrogens (tertiary/aromatic N) is 4. The van der Waals surface area contributed by atoms with E-state index in [0.717, 1.165) is 25.3 Å². The van der Waals surface area contributed by atoms with Gasteiger partial charge in [0.1, 0.15) is 12.7 Å². The second kappa shape index (κ2) is 5.37. The Bertz CT molecular complexity index is 406. The van der Waals surface area contributed by atoms with Crippen molar-refractivity contribution in [3.8, 4) is 0 Å². The van der Waals surface area contributed by atoms with E-state index in [1.807, 2.05) is 19.2 Å². The van der Waals surface area contributed by atoms with Crippen molar-refractivity contribution in [2.75, 3.05) is 6.54 Å². The molecule has 2 heterocycles. The summed E-state index contributed by atoms with van der Waals surface area (Å²) in [6.07, 6.45) is 5.14.